The predicted octanol–water partition coefficient (Wildman–Crippen LogP) is 2.04. The molecular weight excluding hydrogens is 200 g/mol. The number of amides is 1. The van der Waals surface area contributed by atoms with Crippen molar-refractivity contribution < 1.29 is 4.79 Å². The topological polar surface area (TPSA) is 34.0 Å². The predicted molar refractivity (Wildman–Crippen MR) is 65.1 cm³/mol. The Hall–Kier alpha value is -1.69. The molecule has 1 heterocycles. The van der Waals surface area contributed by atoms with Crippen LogP contribution in [0.1, 0.15) is 37.2 Å². The Bertz CT molecular complexity index is 387. The van der Waals surface area contributed by atoms with E-state index in [0.29, 0.717) is 5.69 Å². The minimum atomic E-state index is -0.169. The third-order valence-electron chi connectivity index (χ3n) is 2.49. The molecule has 0 aromatic carbocycles. The quantitative estimate of drug-likeness (QED) is 0.754. The Morgan fingerprint density at radius 3 is 2.94 bits per heavy atom. The molecule has 1 rings (SSSR count). The normalized spacial score (nSPS) is 11.8. The van der Waals surface area contributed by atoms with Crippen LogP contribution in [-0.4, -0.2) is 16.5 Å². The molecule has 1 N–H and O–H groups in total. The molecule has 0 bridgehead atoms. The molecule has 3 heteroatoms. The summed E-state index contributed by atoms with van der Waals surface area (Å²) in [4.78, 5) is 11.9. The van der Waals surface area contributed by atoms with Gasteiger partial charge in [0, 0.05) is 12.7 Å². The first-order valence-corrected chi connectivity index (χ1v) is 5.65. The van der Waals surface area contributed by atoms with E-state index in [2.05, 4.69) is 11.2 Å². The van der Waals surface area contributed by atoms with E-state index in [1.54, 1.807) is 6.07 Å². The molecule has 1 unspecified atom stereocenters. The van der Waals surface area contributed by atoms with Crippen molar-refractivity contribution in [1.29, 1.82) is 0 Å². The van der Waals surface area contributed by atoms with Crippen molar-refractivity contribution in [3.8, 4) is 12.3 Å². The van der Waals surface area contributed by atoms with Gasteiger partial charge in [0.1, 0.15) is 5.69 Å². The molecule has 3 nitrogen and oxygen atoms in total. The molecule has 0 radical (unpaired) electrons. The number of terminal acetylenes is 1. The van der Waals surface area contributed by atoms with Gasteiger partial charge in [0.2, 0.25) is 0 Å². The van der Waals surface area contributed by atoms with Crippen molar-refractivity contribution in [1.82, 2.24) is 9.88 Å². The lowest BCUT2D eigenvalue weighted by atomic mass is 10.2. The average molecular weight is 218 g/mol. The van der Waals surface area contributed by atoms with E-state index in [4.69, 9.17) is 6.42 Å². The first-order chi connectivity index (χ1) is 7.72. The molecule has 0 aliphatic heterocycles. The third-order valence-corrected chi connectivity index (χ3v) is 2.49. The van der Waals surface area contributed by atoms with E-state index in [-0.39, 0.29) is 11.9 Å². The highest BCUT2D eigenvalue weighted by molar-refractivity contribution is 5.93. The fraction of sp³-hybridized carbons (Fsp3) is 0.462. The first-order valence-electron chi connectivity index (χ1n) is 5.65. The van der Waals surface area contributed by atoms with Crippen LogP contribution in [0.25, 0.3) is 0 Å². The van der Waals surface area contributed by atoms with Gasteiger partial charge in [0.15, 0.2) is 0 Å². The molecule has 0 fully saturated rings. The number of rotatable bonds is 5. The van der Waals surface area contributed by atoms with Crippen LogP contribution in [0.15, 0.2) is 18.3 Å². The van der Waals surface area contributed by atoms with Gasteiger partial charge in [0.05, 0.1) is 6.04 Å². The highest BCUT2D eigenvalue weighted by Gasteiger charge is 2.13. The maximum absolute atomic E-state index is 11.9. The number of hydrogen-bond donors (Lipinski definition) is 1. The van der Waals surface area contributed by atoms with E-state index < -0.39 is 0 Å². The standard InChI is InChI=1S/C13H18N2O/c1-4-8-11(5-2)14-13(16)12-9-7-10-15(12)6-3/h2,7,9-11H,4,6,8H2,1,3H3,(H,14,16). The summed E-state index contributed by atoms with van der Waals surface area (Å²) in [6.07, 6.45) is 9.02. The van der Waals surface area contributed by atoms with Crippen molar-refractivity contribution >= 4 is 5.91 Å². The number of hydrogen-bond acceptors (Lipinski definition) is 1. The van der Waals surface area contributed by atoms with E-state index in [9.17, 15) is 4.79 Å². The number of aromatic nitrogens is 1. The number of nitrogens with zero attached hydrogens (tertiary/aromatic N) is 1. The maximum Gasteiger partial charge on any atom is 0.268 e. The Balaban J connectivity index is 2.68. The van der Waals surface area contributed by atoms with Crippen LogP contribution in [0, 0.1) is 12.3 Å². The molecule has 0 spiro atoms. The van der Waals surface area contributed by atoms with Crippen LogP contribution in [0.4, 0.5) is 0 Å². The van der Waals surface area contributed by atoms with Crippen molar-refractivity contribution in [3.05, 3.63) is 24.0 Å². The molecule has 1 atom stereocenters. The second-order valence-corrected chi connectivity index (χ2v) is 3.66. The van der Waals surface area contributed by atoms with Crippen molar-refractivity contribution in [2.75, 3.05) is 0 Å². The summed E-state index contributed by atoms with van der Waals surface area (Å²) in [6.45, 7) is 4.83. The van der Waals surface area contributed by atoms with E-state index in [1.165, 1.54) is 0 Å². The Morgan fingerprint density at radius 1 is 1.62 bits per heavy atom. The summed E-state index contributed by atoms with van der Waals surface area (Å²) < 4.78 is 1.90. The Kier molecular flexibility index (Phi) is 4.65. The summed E-state index contributed by atoms with van der Waals surface area (Å²) in [5, 5.41) is 2.85. The van der Waals surface area contributed by atoms with E-state index >= 15 is 0 Å². The molecular formula is C13H18N2O. The van der Waals surface area contributed by atoms with Gasteiger partial charge >= 0.3 is 0 Å². The largest absolute Gasteiger partial charge is 0.344 e. The highest BCUT2D eigenvalue weighted by Crippen LogP contribution is 2.04. The number of aryl methyl sites for hydroxylation is 1. The van der Waals surface area contributed by atoms with Gasteiger partial charge in [-0.2, -0.15) is 0 Å². The van der Waals surface area contributed by atoms with Gasteiger partial charge in [-0.1, -0.05) is 19.3 Å². The molecule has 86 valence electrons. The number of carbonyl (C=O) groups excluding carboxylic acids is 1. The molecule has 16 heavy (non-hydrogen) atoms. The highest BCUT2D eigenvalue weighted by atomic mass is 16.2. The molecule has 0 saturated heterocycles. The molecule has 0 aliphatic carbocycles. The zero-order valence-electron chi connectivity index (χ0n) is 9.86. The summed E-state index contributed by atoms with van der Waals surface area (Å²) in [7, 11) is 0. The van der Waals surface area contributed by atoms with Gasteiger partial charge in [-0.25, -0.2) is 0 Å². The van der Waals surface area contributed by atoms with Crippen LogP contribution in [0.3, 0.4) is 0 Å². The lowest BCUT2D eigenvalue weighted by Crippen LogP contribution is -2.34. The lowest BCUT2D eigenvalue weighted by molar-refractivity contribution is 0.0935. The average Bonchev–Trinajstić information content (AvgIpc) is 2.76. The van der Waals surface area contributed by atoms with Gasteiger partial charge in [-0.05, 0) is 25.5 Å². The summed E-state index contributed by atoms with van der Waals surface area (Å²) >= 11 is 0. The minimum Gasteiger partial charge on any atom is -0.344 e. The van der Waals surface area contributed by atoms with Gasteiger partial charge < -0.3 is 9.88 Å². The minimum absolute atomic E-state index is 0.0942. The van der Waals surface area contributed by atoms with E-state index in [0.717, 1.165) is 19.4 Å². The Labute approximate surface area is 96.8 Å². The van der Waals surface area contributed by atoms with Crippen LogP contribution < -0.4 is 5.32 Å². The SMILES string of the molecule is C#CC(CCC)NC(=O)c1cccn1CC. The molecule has 1 aromatic rings. The van der Waals surface area contributed by atoms with Crippen LogP contribution in [-0.2, 0) is 6.54 Å². The zero-order valence-corrected chi connectivity index (χ0v) is 9.86. The van der Waals surface area contributed by atoms with Crippen molar-refractivity contribution in [3.63, 3.8) is 0 Å². The maximum atomic E-state index is 11.9. The van der Waals surface area contributed by atoms with Gasteiger partial charge in [0.25, 0.3) is 5.91 Å². The van der Waals surface area contributed by atoms with Crippen molar-refractivity contribution in [2.24, 2.45) is 0 Å². The molecule has 1 aromatic heterocycles. The monoisotopic (exact) mass is 218 g/mol. The van der Waals surface area contributed by atoms with Crippen molar-refractivity contribution in [2.45, 2.75) is 39.3 Å². The fourth-order valence-corrected chi connectivity index (χ4v) is 1.61. The van der Waals surface area contributed by atoms with Gasteiger partial charge in [-0.3, -0.25) is 4.79 Å². The Morgan fingerprint density at radius 2 is 2.38 bits per heavy atom. The summed E-state index contributed by atoms with van der Waals surface area (Å²) in [6, 6.07) is 3.50. The fourth-order valence-electron chi connectivity index (χ4n) is 1.61. The smallest absolute Gasteiger partial charge is 0.268 e. The number of carbonyl (C=O) groups is 1. The molecule has 0 saturated carbocycles. The van der Waals surface area contributed by atoms with Gasteiger partial charge in [-0.15, -0.1) is 6.42 Å². The second-order valence-electron chi connectivity index (χ2n) is 3.66. The zero-order chi connectivity index (χ0) is 12.0. The van der Waals surface area contributed by atoms with Crippen LogP contribution >= 0.6 is 0 Å². The molecule has 1 amide bonds. The first kappa shape index (κ1) is 12.4. The lowest BCUT2D eigenvalue weighted by Gasteiger charge is -2.13. The third kappa shape index (κ3) is 2.90. The molecule has 0 aliphatic rings. The van der Waals surface area contributed by atoms with E-state index in [1.807, 2.05) is 30.7 Å². The summed E-state index contributed by atoms with van der Waals surface area (Å²) in [5.41, 5.74) is 0.666. The van der Waals surface area contributed by atoms with Crippen LogP contribution in [0.2, 0.25) is 0 Å². The number of nitrogens with one attached hydrogen (secondary N) is 1. The van der Waals surface area contributed by atoms with Crippen LogP contribution in [0.5, 0.6) is 0 Å². The second kappa shape index (κ2) is 6.02. The summed E-state index contributed by atoms with van der Waals surface area (Å²) in [5.74, 6) is 2.50.